The molecule has 0 saturated carbocycles. The van der Waals surface area contributed by atoms with Crippen molar-refractivity contribution in [1.29, 1.82) is 0 Å². The van der Waals surface area contributed by atoms with E-state index in [1.807, 2.05) is 0 Å². The third-order valence-electron chi connectivity index (χ3n) is 0.322. The molecule has 0 unspecified atom stereocenters. The van der Waals surface area contributed by atoms with E-state index in [0.717, 1.165) is 0 Å². The summed E-state index contributed by atoms with van der Waals surface area (Å²) < 4.78 is 10.8. The maximum absolute atomic E-state index is 10.8. The number of aliphatic hydroxyl groups is 1. The summed E-state index contributed by atoms with van der Waals surface area (Å²) in [7, 11) is 0. The number of aliphatic carboxylic acids is 1. The van der Waals surface area contributed by atoms with Gasteiger partial charge < -0.3 is 10.2 Å². The van der Waals surface area contributed by atoms with Crippen LogP contribution in [0.15, 0.2) is 12.1 Å². The Morgan fingerprint density at radius 1 is 1.57 bits per heavy atom. The molecule has 0 atom stereocenters. The first-order valence-electron chi connectivity index (χ1n) is 1.41. The van der Waals surface area contributed by atoms with Crippen LogP contribution in [0.1, 0.15) is 0 Å². The van der Waals surface area contributed by atoms with Gasteiger partial charge in [0.25, 0.3) is 0 Å². The number of carboxylic acid groups (broad SMARTS) is 1. The van der Waals surface area contributed by atoms with Crippen LogP contribution < -0.4 is 0 Å². The van der Waals surface area contributed by atoms with E-state index in [9.17, 15) is 9.18 Å². The Hall–Kier alpha value is -1.06. The number of carbonyl (C=O) groups is 1. The van der Waals surface area contributed by atoms with Crippen LogP contribution >= 0.6 is 0 Å². The normalized spacial score (nSPS) is 11.3. The minimum Gasteiger partial charge on any atom is -0.500 e. The monoisotopic (exact) mass is 106 g/mol. The molecule has 0 saturated heterocycles. The molecule has 0 fully saturated rings. The fourth-order valence-corrected chi connectivity index (χ4v) is 0.0467. The van der Waals surface area contributed by atoms with E-state index >= 15 is 0 Å². The fraction of sp³-hybridized carbons (Fsp3) is 0. The second-order valence-electron chi connectivity index (χ2n) is 0.800. The lowest BCUT2D eigenvalue weighted by atomic mass is 10.6. The highest BCUT2D eigenvalue weighted by atomic mass is 19.1. The summed E-state index contributed by atoms with van der Waals surface area (Å²) >= 11 is 0. The van der Waals surface area contributed by atoms with Crippen LogP contribution in [0.4, 0.5) is 4.39 Å². The topological polar surface area (TPSA) is 57.5 Å². The lowest BCUT2D eigenvalue weighted by Crippen LogP contribution is -1.96. The summed E-state index contributed by atoms with van der Waals surface area (Å²) in [6.45, 7) is 0. The highest BCUT2D eigenvalue weighted by Gasteiger charge is 2.00. The molecule has 0 radical (unpaired) electrons. The van der Waals surface area contributed by atoms with Gasteiger partial charge in [-0.25, -0.2) is 9.18 Å². The van der Waals surface area contributed by atoms with Crippen molar-refractivity contribution >= 4 is 5.97 Å². The lowest BCUT2D eigenvalue weighted by molar-refractivity contribution is -0.135. The molecule has 0 amide bonds. The summed E-state index contributed by atoms with van der Waals surface area (Å²) in [5.74, 6) is -2.94. The number of aliphatic hydroxyl groups excluding tert-OH is 1. The minimum absolute atomic E-state index is 0.387. The molecule has 0 aliphatic carbocycles. The van der Waals surface area contributed by atoms with Gasteiger partial charge in [-0.05, 0) is 0 Å². The van der Waals surface area contributed by atoms with E-state index in [-0.39, 0.29) is 6.33 Å². The Bertz CT molecular complexity index is 107. The number of hydrogen-bond donors (Lipinski definition) is 2. The van der Waals surface area contributed by atoms with Crippen LogP contribution in [0, 0.1) is 0 Å². The summed E-state index contributed by atoms with van der Waals surface area (Å²) in [6, 6.07) is 0. The molecule has 0 aromatic rings. The molecular formula is C3H3FO3. The molecule has 3 nitrogen and oxygen atoms in total. The highest BCUT2D eigenvalue weighted by molar-refractivity contribution is 5.83. The van der Waals surface area contributed by atoms with Crippen molar-refractivity contribution in [3.05, 3.63) is 12.1 Å². The first-order valence-corrected chi connectivity index (χ1v) is 1.41. The Morgan fingerprint density at radius 2 is 2.00 bits per heavy atom. The predicted molar refractivity (Wildman–Crippen MR) is 19.5 cm³/mol. The SMILES string of the molecule is O=C(O)/C(O)=C/F. The Morgan fingerprint density at radius 3 is 2.00 bits per heavy atom. The van der Waals surface area contributed by atoms with Crippen molar-refractivity contribution < 1.29 is 19.4 Å². The molecule has 7 heavy (non-hydrogen) atoms. The standard InChI is InChI=1S/C3H3FO3/c4-1-2(5)3(6)7/h1,5H,(H,6,7)/b2-1-. The van der Waals surface area contributed by atoms with E-state index in [1.165, 1.54) is 0 Å². The van der Waals surface area contributed by atoms with Gasteiger partial charge in [-0.1, -0.05) is 0 Å². The van der Waals surface area contributed by atoms with Crippen molar-refractivity contribution in [2.75, 3.05) is 0 Å². The molecule has 0 spiro atoms. The molecule has 0 aliphatic rings. The molecular weight excluding hydrogens is 103 g/mol. The summed E-state index contributed by atoms with van der Waals surface area (Å²) in [4.78, 5) is 9.37. The largest absolute Gasteiger partial charge is 0.500 e. The van der Waals surface area contributed by atoms with Gasteiger partial charge in [-0.2, -0.15) is 0 Å². The molecule has 0 rings (SSSR count). The van der Waals surface area contributed by atoms with Crippen molar-refractivity contribution in [2.45, 2.75) is 0 Å². The second-order valence-corrected chi connectivity index (χ2v) is 0.800. The predicted octanol–water partition coefficient (Wildman–Crippen LogP) is 0.440. The van der Waals surface area contributed by atoms with Crippen LogP contribution in [0.25, 0.3) is 0 Å². The van der Waals surface area contributed by atoms with Gasteiger partial charge in [0.15, 0.2) is 0 Å². The Balaban J connectivity index is 3.82. The van der Waals surface area contributed by atoms with Crippen LogP contribution in [-0.4, -0.2) is 16.2 Å². The first-order chi connectivity index (χ1) is 3.18. The van der Waals surface area contributed by atoms with Crippen LogP contribution in [0.5, 0.6) is 0 Å². The zero-order valence-corrected chi connectivity index (χ0v) is 3.26. The molecule has 0 heterocycles. The van der Waals surface area contributed by atoms with Gasteiger partial charge in [0.05, 0.1) is 0 Å². The van der Waals surface area contributed by atoms with E-state index in [0.29, 0.717) is 0 Å². The van der Waals surface area contributed by atoms with Crippen molar-refractivity contribution in [3.63, 3.8) is 0 Å². The second kappa shape index (κ2) is 2.17. The zero-order chi connectivity index (χ0) is 5.86. The van der Waals surface area contributed by atoms with Crippen molar-refractivity contribution in [2.24, 2.45) is 0 Å². The van der Waals surface area contributed by atoms with E-state index < -0.39 is 11.7 Å². The number of carboxylic acids is 1. The average Bonchev–Trinajstić information content (AvgIpc) is 1.65. The third-order valence-corrected chi connectivity index (χ3v) is 0.322. The summed E-state index contributed by atoms with van der Waals surface area (Å²) in [5.41, 5.74) is 0. The number of halogens is 1. The van der Waals surface area contributed by atoms with Gasteiger partial charge in [0.2, 0.25) is 5.76 Å². The molecule has 0 aromatic heterocycles. The lowest BCUT2D eigenvalue weighted by Gasteiger charge is -1.81. The van der Waals surface area contributed by atoms with Crippen molar-refractivity contribution in [1.82, 2.24) is 0 Å². The smallest absolute Gasteiger partial charge is 0.373 e. The maximum atomic E-state index is 10.8. The molecule has 0 aromatic carbocycles. The Labute approximate surface area is 38.7 Å². The van der Waals surface area contributed by atoms with Gasteiger partial charge in [0.1, 0.15) is 6.33 Å². The molecule has 0 bridgehead atoms. The van der Waals surface area contributed by atoms with Gasteiger partial charge >= 0.3 is 5.97 Å². The van der Waals surface area contributed by atoms with E-state index in [2.05, 4.69) is 0 Å². The van der Waals surface area contributed by atoms with Crippen LogP contribution in [0.2, 0.25) is 0 Å². The summed E-state index contributed by atoms with van der Waals surface area (Å²) in [5, 5.41) is 15.4. The first kappa shape index (κ1) is 5.94. The molecule has 2 N–H and O–H groups in total. The average molecular weight is 106 g/mol. The maximum Gasteiger partial charge on any atom is 0.373 e. The van der Waals surface area contributed by atoms with E-state index in [4.69, 9.17) is 10.2 Å². The minimum atomic E-state index is -1.66. The fourth-order valence-electron chi connectivity index (χ4n) is 0.0467. The molecule has 0 aliphatic heterocycles. The van der Waals surface area contributed by atoms with Gasteiger partial charge in [0, 0.05) is 0 Å². The van der Waals surface area contributed by atoms with Gasteiger partial charge in [-0.15, -0.1) is 0 Å². The third kappa shape index (κ3) is 1.75. The van der Waals surface area contributed by atoms with Gasteiger partial charge in [-0.3, -0.25) is 0 Å². The molecule has 40 valence electrons. The number of rotatable bonds is 1. The molecule has 4 heteroatoms. The Kier molecular flexibility index (Phi) is 1.84. The van der Waals surface area contributed by atoms with E-state index in [1.54, 1.807) is 0 Å². The highest BCUT2D eigenvalue weighted by Crippen LogP contribution is 1.85. The summed E-state index contributed by atoms with van der Waals surface area (Å²) in [6.07, 6.45) is -0.387. The van der Waals surface area contributed by atoms with Crippen LogP contribution in [0.3, 0.4) is 0 Å². The zero-order valence-electron chi connectivity index (χ0n) is 3.26. The van der Waals surface area contributed by atoms with Crippen molar-refractivity contribution in [3.8, 4) is 0 Å². The number of hydrogen-bond acceptors (Lipinski definition) is 2. The quantitative estimate of drug-likeness (QED) is 0.376. The van der Waals surface area contributed by atoms with Crippen LogP contribution in [-0.2, 0) is 4.79 Å².